The van der Waals surface area contributed by atoms with Crippen LogP contribution in [-0.4, -0.2) is 80.0 Å². The summed E-state index contributed by atoms with van der Waals surface area (Å²) in [5, 5.41) is 32.1. The number of aromatic amines is 2. The lowest BCUT2D eigenvalue weighted by Gasteiger charge is -2.25. The molecule has 0 fully saturated rings. The number of carboxylic acids is 1. The Morgan fingerprint density at radius 1 is 0.561 bits per heavy atom. The Kier molecular flexibility index (Phi) is 12.6. The average molecular weight is 772 g/mol. The Labute approximate surface area is 328 Å². The lowest BCUT2D eigenvalue weighted by atomic mass is 10.0. The number of benzene rings is 4. The molecule has 2 aromatic heterocycles. The normalized spacial score (nSPS) is 13.9. The number of carboxylic acid groups (broad SMARTS) is 1. The zero-order valence-corrected chi connectivity index (χ0v) is 31.2. The first kappa shape index (κ1) is 39.8. The number of hydrogen-bond acceptors (Lipinski definition) is 7. The summed E-state index contributed by atoms with van der Waals surface area (Å²) in [6.07, 6.45) is 3.71. The third-order valence-electron chi connectivity index (χ3n) is 9.84. The van der Waals surface area contributed by atoms with E-state index in [-0.39, 0.29) is 31.4 Å². The van der Waals surface area contributed by atoms with Gasteiger partial charge in [-0.2, -0.15) is 0 Å². The highest BCUT2D eigenvalue weighted by Crippen LogP contribution is 2.21. The number of aliphatic carboxylic acids is 1. The second-order valence-electron chi connectivity index (χ2n) is 14.0. The van der Waals surface area contributed by atoms with E-state index in [1.165, 1.54) is 19.1 Å². The lowest BCUT2D eigenvalue weighted by molar-refractivity contribution is -0.142. The SMILES string of the molecule is C[C@H](NC(=O)[C@@H](Cc1c[nH]c2ccccc12)NC(=O)[C@@H](N)Cc1ccc(O)cc1)C(=O)N[C@@H](Cc1c[nH]c2ccccc12)C(=O)NC(Cc1ccccc1)C(=O)O. The summed E-state index contributed by atoms with van der Waals surface area (Å²) >= 11 is 0. The van der Waals surface area contributed by atoms with E-state index in [0.29, 0.717) is 16.7 Å². The van der Waals surface area contributed by atoms with Crippen LogP contribution in [0.5, 0.6) is 5.75 Å². The van der Waals surface area contributed by atoms with Crippen molar-refractivity contribution in [2.75, 3.05) is 0 Å². The van der Waals surface area contributed by atoms with Gasteiger partial charge in [-0.05, 0) is 59.9 Å². The molecule has 57 heavy (non-hydrogen) atoms. The molecule has 0 aliphatic heterocycles. The molecule has 10 N–H and O–H groups in total. The maximum atomic E-state index is 14.0. The predicted octanol–water partition coefficient (Wildman–Crippen LogP) is 3.00. The third kappa shape index (κ3) is 10.2. The Bertz CT molecular complexity index is 2360. The maximum Gasteiger partial charge on any atom is 0.326 e. The number of aromatic hydroxyl groups is 1. The predicted molar refractivity (Wildman–Crippen MR) is 215 cm³/mol. The number of phenolic OH excluding ortho intramolecular Hbond substituents is 1. The van der Waals surface area contributed by atoms with Crippen molar-refractivity contribution in [2.45, 2.75) is 62.8 Å². The second kappa shape index (κ2) is 18.1. The molecule has 0 saturated carbocycles. The van der Waals surface area contributed by atoms with Gasteiger partial charge in [-0.25, -0.2) is 4.79 Å². The molecular formula is C43H45N7O7. The van der Waals surface area contributed by atoms with Gasteiger partial charge in [0.2, 0.25) is 23.6 Å². The number of amides is 4. The van der Waals surface area contributed by atoms with Crippen LogP contribution in [-0.2, 0) is 49.7 Å². The summed E-state index contributed by atoms with van der Waals surface area (Å²) in [5.41, 5.74) is 10.8. The number of aromatic nitrogens is 2. The van der Waals surface area contributed by atoms with Crippen molar-refractivity contribution in [2.24, 2.45) is 5.73 Å². The third-order valence-corrected chi connectivity index (χ3v) is 9.84. The van der Waals surface area contributed by atoms with Crippen LogP contribution in [0.2, 0.25) is 0 Å². The van der Waals surface area contributed by atoms with Crippen molar-refractivity contribution >= 4 is 51.4 Å². The fourth-order valence-electron chi connectivity index (χ4n) is 6.72. The molecule has 0 spiro atoms. The minimum atomic E-state index is -1.28. The van der Waals surface area contributed by atoms with Crippen LogP contribution in [0.3, 0.4) is 0 Å². The number of para-hydroxylation sites is 2. The summed E-state index contributed by atoms with van der Waals surface area (Å²) in [4.78, 5) is 73.6. The number of carbonyl (C=O) groups excluding carboxylic acids is 4. The maximum absolute atomic E-state index is 14.0. The molecule has 1 unspecified atom stereocenters. The van der Waals surface area contributed by atoms with E-state index in [0.717, 1.165) is 27.4 Å². The molecule has 0 radical (unpaired) electrons. The van der Waals surface area contributed by atoms with Crippen molar-refractivity contribution in [3.8, 4) is 5.75 Å². The van der Waals surface area contributed by atoms with Gasteiger partial charge in [0.05, 0.1) is 6.04 Å². The Balaban J connectivity index is 1.19. The number of rotatable bonds is 17. The van der Waals surface area contributed by atoms with Gasteiger partial charge in [-0.3, -0.25) is 19.2 Å². The van der Waals surface area contributed by atoms with Crippen molar-refractivity contribution in [3.63, 3.8) is 0 Å². The molecule has 6 rings (SSSR count). The number of hydrogen-bond donors (Lipinski definition) is 9. The lowest BCUT2D eigenvalue weighted by Crippen LogP contribution is -2.58. The molecule has 14 nitrogen and oxygen atoms in total. The molecule has 0 aliphatic carbocycles. The quantitative estimate of drug-likeness (QED) is 0.0668. The van der Waals surface area contributed by atoms with Gasteiger partial charge in [0.15, 0.2) is 0 Å². The van der Waals surface area contributed by atoms with Crippen LogP contribution in [0.25, 0.3) is 21.8 Å². The molecule has 0 saturated heterocycles. The summed E-state index contributed by atoms with van der Waals surface area (Å²) in [6, 6.07) is 24.2. The minimum absolute atomic E-state index is 0.0120. The van der Waals surface area contributed by atoms with Crippen LogP contribution in [0, 0.1) is 0 Å². The van der Waals surface area contributed by atoms with Crippen LogP contribution >= 0.6 is 0 Å². The van der Waals surface area contributed by atoms with E-state index in [2.05, 4.69) is 31.2 Å². The van der Waals surface area contributed by atoms with Crippen LogP contribution in [0.4, 0.5) is 0 Å². The second-order valence-corrected chi connectivity index (χ2v) is 14.0. The zero-order valence-electron chi connectivity index (χ0n) is 31.2. The average Bonchev–Trinajstić information content (AvgIpc) is 3.82. The summed E-state index contributed by atoms with van der Waals surface area (Å²) < 4.78 is 0. The van der Waals surface area contributed by atoms with Gasteiger partial charge >= 0.3 is 5.97 Å². The van der Waals surface area contributed by atoms with Gasteiger partial charge in [0.25, 0.3) is 0 Å². The van der Waals surface area contributed by atoms with Gasteiger partial charge in [0.1, 0.15) is 29.9 Å². The van der Waals surface area contributed by atoms with E-state index in [4.69, 9.17) is 5.73 Å². The highest BCUT2D eigenvalue weighted by atomic mass is 16.4. The number of nitrogens with two attached hydrogens (primary N) is 1. The first-order valence-corrected chi connectivity index (χ1v) is 18.6. The first-order valence-electron chi connectivity index (χ1n) is 18.6. The number of phenols is 1. The molecule has 2 heterocycles. The zero-order chi connectivity index (χ0) is 40.5. The topological polar surface area (TPSA) is 232 Å². The number of H-pyrrole nitrogens is 2. The summed E-state index contributed by atoms with van der Waals surface area (Å²) in [5.74, 6) is -3.86. The molecule has 4 aromatic carbocycles. The van der Waals surface area contributed by atoms with Gasteiger partial charge in [-0.15, -0.1) is 0 Å². The van der Waals surface area contributed by atoms with Crippen molar-refractivity contribution in [1.29, 1.82) is 0 Å². The fraction of sp³-hybridized carbons (Fsp3) is 0.233. The van der Waals surface area contributed by atoms with E-state index >= 15 is 0 Å². The fourth-order valence-corrected chi connectivity index (χ4v) is 6.72. The smallest absolute Gasteiger partial charge is 0.326 e. The molecular weight excluding hydrogens is 727 g/mol. The highest BCUT2D eigenvalue weighted by molar-refractivity contribution is 5.96. The molecule has 6 aromatic rings. The van der Waals surface area contributed by atoms with E-state index < -0.39 is 59.8 Å². The van der Waals surface area contributed by atoms with E-state index in [1.54, 1.807) is 54.9 Å². The largest absolute Gasteiger partial charge is 0.508 e. The molecule has 14 heteroatoms. The summed E-state index contributed by atoms with van der Waals surface area (Å²) in [7, 11) is 0. The van der Waals surface area contributed by atoms with E-state index in [1.807, 2.05) is 48.5 Å². The van der Waals surface area contributed by atoms with Crippen LogP contribution in [0.15, 0.2) is 116 Å². The van der Waals surface area contributed by atoms with Gasteiger partial charge in [0, 0.05) is 53.5 Å². The Morgan fingerprint density at radius 2 is 1.04 bits per heavy atom. The van der Waals surface area contributed by atoms with E-state index in [9.17, 15) is 34.2 Å². The molecule has 5 atom stereocenters. The number of nitrogens with one attached hydrogen (secondary N) is 6. The molecule has 0 bridgehead atoms. The van der Waals surface area contributed by atoms with Crippen LogP contribution < -0.4 is 27.0 Å². The number of fused-ring (bicyclic) bond motifs is 2. The van der Waals surface area contributed by atoms with Crippen molar-refractivity contribution in [3.05, 3.63) is 138 Å². The minimum Gasteiger partial charge on any atom is -0.508 e. The first-order chi connectivity index (χ1) is 27.4. The van der Waals surface area contributed by atoms with Crippen LogP contribution in [0.1, 0.15) is 29.2 Å². The molecule has 4 amide bonds. The van der Waals surface area contributed by atoms with Crippen molar-refractivity contribution in [1.82, 2.24) is 31.2 Å². The highest BCUT2D eigenvalue weighted by Gasteiger charge is 2.31. The Hall–Kier alpha value is -6.93. The monoisotopic (exact) mass is 771 g/mol. The van der Waals surface area contributed by atoms with Gasteiger partial charge in [-0.1, -0.05) is 78.9 Å². The molecule has 0 aliphatic rings. The summed E-state index contributed by atoms with van der Waals surface area (Å²) in [6.45, 7) is 1.45. The van der Waals surface area contributed by atoms with Crippen molar-refractivity contribution < 1.29 is 34.2 Å². The molecule has 294 valence electrons. The number of carbonyl (C=O) groups is 5. The van der Waals surface area contributed by atoms with Gasteiger partial charge < -0.3 is 47.2 Å². The Morgan fingerprint density at radius 3 is 1.60 bits per heavy atom. The standard InChI is InChI=1S/C43H45N7O7/c1-25(47-41(54)36(21-28-23-45-34-13-7-5-11-31(28)34)49-40(53)33(44)19-27-15-17-30(51)18-16-27)39(52)48-37(22-29-24-46-35-14-8-6-12-32(29)35)42(55)50-38(43(56)57)20-26-9-3-2-4-10-26/h2-18,23-25,33,36-38,45-46,51H,19-22,44H2,1H3,(H,47,54)(H,48,52)(H,49,53)(H,50,55)(H,56,57)/t25-,33-,36+,37-,38?/m0/s1.